The van der Waals surface area contributed by atoms with Crippen molar-refractivity contribution >= 4 is 11.5 Å². The molecule has 0 radical (unpaired) electrons. The van der Waals surface area contributed by atoms with Crippen LogP contribution in [0.4, 0.5) is 8.78 Å². The Morgan fingerprint density at radius 1 is 1.50 bits per heavy atom. The van der Waals surface area contributed by atoms with E-state index in [-0.39, 0.29) is 12.1 Å². The van der Waals surface area contributed by atoms with Gasteiger partial charge in [0.05, 0.1) is 6.10 Å². The minimum atomic E-state index is -0.716. The van der Waals surface area contributed by atoms with Crippen LogP contribution < -0.4 is 5.32 Å². The average molecular weight is 255 g/mol. The van der Waals surface area contributed by atoms with Crippen LogP contribution in [0.15, 0.2) is 24.3 Å². The fourth-order valence-electron chi connectivity index (χ4n) is 1.38. The monoisotopic (exact) mass is 255 g/mol. The standard InChI is InChI=1S/C13H15F2NO2/c1-8(5-13(18)16-7-9(2)17)11-4-3-10(14)6-12(11)15/h3-6,9,17H,7H2,1-2H3,(H,16,18)/b8-5-. The highest BCUT2D eigenvalue weighted by atomic mass is 19.1. The van der Waals surface area contributed by atoms with Gasteiger partial charge in [0.1, 0.15) is 11.6 Å². The van der Waals surface area contributed by atoms with E-state index in [2.05, 4.69) is 5.32 Å². The van der Waals surface area contributed by atoms with Gasteiger partial charge in [0.25, 0.3) is 0 Å². The molecule has 18 heavy (non-hydrogen) atoms. The lowest BCUT2D eigenvalue weighted by Gasteiger charge is -2.06. The van der Waals surface area contributed by atoms with Crippen molar-refractivity contribution in [2.75, 3.05) is 6.54 Å². The Kier molecular flexibility index (Phi) is 4.97. The number of hydrogen-bond acceptors (Lipinski definition) is 2. The number of amides is 1. The van der Waals surface area contributed by atoms with Gasteiger partial charge in [-0.25, -0.2) is 8.78 Å². The van der Waals surface area contributed by atoms with Crippen molar-refractivity contribution < 1.29 is 18.7 Å². The second kappa shape index (κ2) is 6.26. The van der Waals surface area contributed by atoms with Gasteiger partial charge in [-0.1, -0.05) is 0 Å². The summed E-state index contributed by atoms with van der Waals surface area (Å²) in [6, 6.07) is 3.17. The molecule has 1 rings (SSSR count). The molecule has 0 heterocycles. The molecule has 1 aromatic carbocycles. The van der Waals surface area contributed by atoms with E-state index in [0.29, 0.717) is 5.57 Å². The maximum Gasteiger partial charge on any atom is 0.244 e. The number of benzene rings is 1. The number of aliphatic hydroxyl groups is 1. The van der Waals surface area contributed by atoms with Gasteiger partial charge in [0, 0.05) is 24.3 Å². The summed E-state index contributed by atoms with van der Waals surface area (Å²) in [4.78, 5) is 11.4. The second-order valence-electron chi connectivity index (χ2n) is 4.05. The molecule has 98 valence electrons. The Hall–Kier alpha value is -1.75. The number of rotatable bonds is 4. The maximum absolute atomic E-state index is 13.4. The van der Waals surface area contributed by atoms with Crippen LogP contribution >= 0.6 is 0 Å². The predicted molar refractivity (Wildman–Crippen MR) is 64.7 cm³/mol. The Morgan fingerprint density at radius 2 is 2.17 bits per heavy atom. The third kappa shape index (κ3) is 4.25. The van der Waals surface area contributed by atoms with Crippen LogP contribution in [0, 0.1) is 11.6 Å². The predicted octanol–water partition coefficient (Wildman–Crippen LogP) is 1.87. The van der Waals surface area contributed by atoms with Gasteiger partial charge >= 0.3 is 0 Å². The van der Waals surface area contributed by atoms with E-state index < -0.39 is 23.6 Å². The molecule has 0 aliphatic carbocycles. The van der Waals surface area contributed by atoms with Gasteiger partial charge in [-0.05, 0) is 31.6 Å². The van der Waals surface area contributed by atoms with E-state index in [1.54, 1.807) is 6.92 Å². The minimum Gasteiger partial charge on any atom is -0.392 e. The number of carbonyl (C=O) groups excluding carboxylic acids is 1. The molecule has 0 bridgehead atoms. The number of aliphatic hydroxyl groups excluding tert-OH is 1. The van der Waals surface area contributed by atoms with Crippen molar-refractivity contribution in [1.82, 2.24) is 5.32 Å². The SMILES string of the molecule is C/C(=C/C(=O)NCC(C)O)c1ccc(F)cc1F. The summed E-state index contributed by atoms with van der Waals surface area (Å²) in [7, 11) is 0. The van der Waals surface area contributed by atoms with Gasteiger partial charge in [-0.15, -0.1) is 0 Å². The highest BCUT2D eigenvalue weighted by molar-refractivity contribution is 5.94. The van der Waals surface area contributed by atoms with Crippen molar-refractivity contribution in [2.24, 2.45) is 0 Å². The molecule has 1 atom stereocenters. The molecule has 1 aromatic rings. The first-order chi connectivity index (χ1) is 8.40. The first kappa shape index (κ1) is 14.3. The van der Waals surface area contributed by atoms with Crippen LogP contribution in [0.2, 0.25) is 0 Å². The third-order valence-corrected chi connectivity index (χ3v) is 2.28. The summed E-state index contributed by atoms with van der Waals surface area (Å²) < 4.78 is 26.1. The maximum atomic E-state index is 13.4. The molecule has 0 saturated carbocycles. The van der Waals surface area contributed by atoms with Crippen molar-refractivity contribution in [3.05, 3.63) is 41.5 Å². The van der Waals surface area contributed by atoms with E-state index >= 15 is 0 Å². The largest absolute Gasteiger partial charge is 0.392 e. The topological polar surface area (TPSA) is 49.3 Å². The summed E-state index contributed by atoms with van der Waals surface area (Å²) in [5.74, 6) is -1.81. The van der Waals surface area contributed by atoms with E-state index in [0.717, 1.165) is 12.1 Å². The Bertz CT molecular complexity index is 470. The fourth-order valence-corrected chi connectivity index (χ4v) is 1.38. The van der Waals surface area contributed by atoms with Gasteiger partial charge in [0.2, 0.25) is 5.91 Å². The third-order valence-electron chi connectivity index (χ3n) is 2.28. The molecule has 0 aliphatic heterocycles. The normalized spacial score (nSPS) is 13.3. The smallest absolute Gasteiger partial charge is 0.244 e. The van der Waals surface area contributed by atoms with Crippen molar-refractivity contribution in [1.29, 1.82) is 0 Å². The van der Waals surface area contributed by atoms with Crippen molar-refractivity contribution in [3.63, 3.8) is 0 Å². The zero-order valence-electron chi connectivity index (χ0n) is 10.2. The molecule has 3 nitrogen and oxygen atoms in total. The molecule has 0 spiro atoms. The quantitative estimate of drug-likeness (QED) is 0.807. The Labute approximate surface area is 104 Å². The molecule has 1 amide bonds. The fraction of sp³-hybridized carbons (Fsp3) is 0.308. The number of hydrogen-bond donors (Lipinski definition) is 2. The first-order valence-corrected chi connectivity index (χ1v) is 5.49. The van der Waals surface area contributed by atoms with Crippen molar-refractivity contribution in [2.45, 2.75) is 20.0 Å². The van der Waals surface area contributed by atoms with Crippen LogP contribution in [-0.2, 0) is 4.79 Å². The van der Waals surface area contributed by atoms with Crippen LogP contribution in [-0.4, -0.2) is 23.7 Å². The molecule has 0 fully saturated rings. The molecular formula is C13H15F2NO2. The van der Waals surface area contributed by atoms with Gasteiger partial charge < -0.3 is 10.4 Å². The van der Waals surface area contributed by atoms with Gasteiger partial charge in [0.15, 0.2) is 0 Å². The van der Waals surface area contributed by atoms with E-state index in [1.807, 2.05) is 0 Å². The summed E-state index contributed by atoms with van der Waals surface area (Å²) in [5.41, 5.74) is 0.555. The van der Waals surface area contributed by atoms with Crippen LogP contribution in [0.5, 0.6) is 0 Å². The lowest BCUT2D eigenvalue weighted by atomic mass is 10.1. The lowest BCUT2D eigenvalue weighted by molar-refractivity contribution is -0.116. The summed E-state index contributed by atoms with van der Waals surface area (Å²) in [6.45, 7) is 3.21. The van der Waals surface area contributed by atoms with Gasteiger partial charge in [-0.2, -0.15) is 0 Å². The molecule has 2 N–H and O–H groups in total. The van der Waals surface area contributed by atoms with Gasteiger partial charge in [-0.3, -0.25) is 4.79 Å². The number of allylic oxidation sites excluding steroid dienone is 1. The second-order valence-corrected chi connectivity index (χ2v) is 4.05. The van der Waals surface area contributed by atoms with E-state index in [1.165, 1.54) is 19.1 Å². The van der Waals surface area contributed by atoms with Crippen LogP contribution in [0.1, 0.15) is 19.4 Å². The minimum absolute atomic E-state index is 0.120. The van der Waals surface area contributed by atoms with Crippen LogP contribution in [0.25, 0.3) is 5.57 Å². The molecule has 0 aromatic heterocycles. The molecule has 0 aliphatic rings. The highest BCUT2D eigenvalue weighted by Crippen LogP contribution is 2.18. The lowest BCUT2D eigenvalue weighted by Crippen LogP contribution is -2.29. The zero-order chi connectivity index (χ0) is 13.7. The van der Waals surface area contributed by atoms with E-state index in [4.69, 9.17) is 5.11 Å². The van der Waals surface area contributed by atoms with Crippen LogP contribution in [0.3, 0.4) is 0 Å². The molecular weight excluding hydrogens is 240 g/mol. The summed E-state index contributed by atoms with van der Waals surface area (Å²) in [6.07, 6.45) is 0.559. The first-order valence-electron chi connectivity index (χ1n) is 5.49. The molecule has 5 heteroatoms. The Morgan fingerprint density at radius 3 is 2.72 bits per heavy atom. The molecule has 1 unspecified atom stereocenters. The van der Waals surface area contributed by atoms with E-state index in [9.17, 15) is 13.6 Å². The summed E-state index contributed by atoms with van der Waals surface area (Å²) in [5, 5.41) is 11.4. The number of halogens is 2. The number of nitrogens with one attached hydrogen (secondary N) is 1. The van der Waals surface area contributed by atoms with Crippen molar-refractivity contribution in [3.8, 4) is 0 Å². The Balaban J connectivity index is 2.79. The average Bonchev–Trinajstić information content (AvgIpc) is 2.26. The zero-order valence-corrected chi connectivity index (χ0v) is 10.2. The molecule has 0 saturated heterocycles. The summed E-state index contributed by atoms with van der Waals surface area (Å²) >= 11 is 0. The number of carbonyl (C=O) groups is 1. The highest BCUT2D eigenvalue weighted by Gasteiger charge is 2.07.